The summed E-state index contributed by atoms with van der Waals surface area (Å²) in [7, 11) is 0. The lowest BCUT2D eigenvalue weighted by atomic mass is 9.95. The van der Waals surface area contributed by atoms with E-state index in [0.29, 0.717) is 50.1 Å². The normalized spacial score (nSPS) is 14.2. The van der Waals surface area contributed by atoms with Crippen LogP contribution in [-0.2, 0) is 16.0 Å². The number of likely N-dealkylation sites (tertiary alicyclic amines) is 1. The molecule has 30 heavy (non-hydrogen) atoms. The molecule has 2 N–H and O–H groups in total. The predicted molar refractivity (Wildman–Crippen MR) is 117 cm³/mol. The van der Waals surface area contributed by atoms with Crippen LogP contribution in [0.1, 0.15) is 42.1 Å². The molecule has 0 spiro atoms. The van der Waals surface area contributed by atoms with E-state index in [1.165, 1.54) is 0 Å². The van der Waals surface area contributed by atoms with Crippen LogP contribution in [0.5, 0.6) is 0 Å². The number of hydrogen-bond acceptors (Lipinski definition) is 3. The van der Waals surface area contributed by atoms with Crippen molar-refractivity contribution in [2.24, 2.45) is 5.92 Å². The minimum Gasteiger partial charge on any atom is -0.352 e. The van der Waals surface area contributed by atoms with Crippen molar-refractivity contribution in [2.75, 3.05) is 25.0 Å². The first kappa shape index (κ1) is 21.6. The third kappa shape index (κ3) is 5.69. The molecule has 6 heteroatoms. The summed E-state index contributed by atoms with van der Waals surface area (Å²) in [6.07, 6.45) is 2.48. The van der Waals surface area contributed by atoms with Gasteiger partial charge in [0, 0.05) is 32.0 Å². The smallest absolute Gasteiger partial charge is 0.253 e. The molecule has 2 aromatic rings. The molecule has 0 atom stereocenters. The fraction of sp³-hybridized carbons (Fsp3) is 0.375. The van der Waals surface area contributed by atoms with Crippen molar-refractivity contribution in [3.05, 3.63) is 65.7 Å². The fourth-order valence-corrected chi connectivity index (χ4v) is 3.73. The zero-order chi connectivity index (χ0) is 21.3. The first-order chi connectivity index (χ1) is 14.6. The molecule has 0 bridgehead atoms. The molecule has 2 aromatic carbocycles. The summed E-state index contributed by atoms with van der Waals surface area (Å²) in [5, 5.41) is 5.67. The van der Waals surface area contributed by atoms with Gasteiger partial charge < -0.3 is 15.5 Å². The van der Waals surface area contributed by atoms with E-state index in [1.807, 2.05) is 42.2 Å². The maximum atomic E-state index is 12.7. The van der Waals surface area contributed by atoms with Crippen LogP contribution in [0.4, 0.5) is 5.69 Å². The number of rotatable bonds is 7. The second-order valence-electron chi connectivity index (χ2n) is 7.53. The largest absolute Gasteiger partial charge is 0.352 e. The summed E-state index contributed by atoms with van der Waals surface area (Å²) in [6, 6.07) is 17.0. The Balaban J connectivity index is 1.50. The number of hydrogen-bond donors (Lipinski definition) is 2. The Morgan fingerprint density at radius 3 is 2.33 bits per heavy atom. The van der Waals surface area contributed by atoms with E-state index < -0.39 is 0 Å². The lowest BCUT2D eigenvalue weighted by Gasteiger charge is -2.31. The standard InChI is InChI=1S/C24H29N3O3/c1-2-25-24(30)20-10-6-7-11-21(20)26-23(29)19-14-16-27(17-15-19)22(28)13-12-18-8-4-3-5-9-18/h3-11,19H,2,12-17H2,1H3,(H,25,30)(H,26,29). The molecule has 1 saturated heterocycles. The summed E-state index contributed by atoms with van der Waals surface area (Å²) in [4.78, 5) is 39.3. The SMILES string of the molecule is CCNC(=O)c1ccccc1NC(=O)C1CCN(C(=O)CCc2ccccc2)CC1. The summed E-state index contributed by atoms with van der Waals surface area (Å²) < 4.78 is 0. The summed E-state index contributed by atoms with van der Waals surface area (Å²) in [5.41, 5.74) is 2.14. The Morgan fingerprint density at radius 1 is 0.967 bits per heavy atom. The highest BCUT2D eigenvalue weighted by Gasteiger charge is 2.27. The molecule has 3 rings (SSSR count). The van der Waals surface area contributed by atoms with Gasteiger partial charge in [-0.2, -0.15) is 0 Å². The zero-order valence-electron chi connectivity index (χ0n) is 17.4. The van der Waals surface area contributed by atoms with E-state index >= 15 is 0 Å². The molecule has 0 aliphatic carbocycles. The van der Waals surface area contributed by atoms with Gasteiger partial charge in [0.2, 0.25) is 11.8 Å². The summed E-state index contributed by atoms with van der Waals surface area (Å²) >= 11 is 0. The number of anilines is 1. The monoisotopic (exact) mass is 407 g/mol. The van der Waals surface area contributed by atoms with Gasteiger partial charge in [-0.05, 0) is 43.9 Å². The molecule has 1 aliphatic rings. The van der Waals surface area contributed by atoms with Gasteiger partial charge in [0.05, 0.1) is 11.3 Å². The lowest BCUT2D eigenvalue weighted by molar-refractivity contribution is -0.134. The van der Waals surface area contributed by atoms with Gasteiger partial charge in [0.25, 0.3) is 5.91 Å². The van der Waals surface area contributed by atoms with Crippen molar-refractivity contribution in [3.63, 3.8) is 0 Å². The van der Waals surface area contributed by atoms with Gasteiger partial charge in [0.15, 0.2) is 0 Å². The van der Waals surface area contributed by atoms with E-state index in [4.69, 9.17) is 0 Å². The van der Waals surface area contributed by atoms with Crippen LogP contribution >= 0.6 is 0 Å². The maximum Gasteiger partial charge on any atom is 0.253 e. The minimum absolute atomic E-state index is 0.0943. The lowest BCUT2D eigenvalue weighted by Crippen LogP contribution is -2.41. The number of para-hydroxylation sites is 1. The maximum absolute atomic E-state index is 12.7. The van der Waals surface area contributed by atoms with Crippen molar-refractivity contribution in [1.82, 2.24) is 10.2 Å². The Morgan fingerprint density at radius 2 is 1.63 bits per heavy atom. The number of benzene rings is 2. The molecule has 0 saturated carbocycles. The molecule has 6 nitrogen and oxygen atoms in total. The van der Waals surface area contributed by atoms with Crippen LogP contribution in [0.25, 0.3) is 0 Å². The fourth-order valence-electron chi connectivity index (χ4n) is 3.73. The zero-order valence-corrected chi connectivity index (χ0v) is 17.4. The predicted octanol–water partition coefficient (Wildman–Crippen LogP) is 3.25. The van der Waals surface area contributed by atoms with Crippen LogP contribution in [0.3, 0.4) is 0 Å². The number of aryl methyl sites for hydroxylation is 1. The molecule has 3 amide bonds. The quantitative estimate of drug-likeness (QED) is 0.740. The van der Waals surface area contributed by atoms with Crippen LogP contribution in [-0.4, -0.2) is 42.3 Å². The van der Waals surface area contributed by atoms with E-state index in [9.17, 15) is 14.4 Å². The van der Waals surface area contributed by atoms with E-state index in [0.717, 1.165) is 12.0 Å². The highest BCUT2D eigenvalue weighted by atomic mass is 16.2. The van der Waals surface area contributed by atoms with Crippen molar-refractivity contribution < 1.29 is 14.4 Å². The van der Waals surface area contributed by atoms with Gasteiger partial charge >= 0.3 is 0 Å². The summed E-state index contributed by atoms with van der Waals surface area (Å²) in [6.45, 7) is 3.55. The molecule has 0 unspecified atom stereocenters. The van der Waals surface area contributed by atoms with Gasteiger partial charge in [-0.15, -0.1) is 0 Å². The van der Waals surface area contributed by atoms with Gasteiger partial charge in [-0.25, -0.2) is 0 Å². The number of carbonyl (C=O) groups is 3. The second-order valence-corrected chi connectivity index (χ2v) is 7.53. The van der Waals surface area contributed by atoms with E-state index in [-0.39, 0.29) is 23.6 Å². The van der Waals surface area contributed by atoms with Crippen LogP contribution in [0.15, 0.2) is 54.6 Å². The van der Waals surface area contributed by atoms with Gasteiger partial charge in [-0.1, -0.05) is 42.5 Å². The molecular weight excluding hydrogens is 378 g/mol. The highest BCUT2D eigenvalue weighted by molar-refractivity contribution is 6.04. The van der Waals surface area contributed by atoms with Crippen molar-refractivity contribution >= 4 is 23.4 Å². The van der Waals surface area contributed by atoms with Gasteiger partial charge in [-0.3, -0.25) is 14.4 Å². The summed E-state index contributed by atoms with van der Waals surface area (Å²) in [5.74, 6) is -0.319. The molecule has 0 aromatic heterocycles. The Labute approximate surface area is 177 Å². The number of nitrogens with one attached hydrogen (secondary N) is 2. The highest BCUT2D eigenvalue weighted by Crippen LogP contribution is 2.22. The average Bonchev–Trinajstić information content (AvgIpc) is 2.78. The Bertz CT molecular complexity index is 874. The average molecular weight is 408 g/mol. The minimum atomic E-state index is -0.202. The van der Waals surface area contributed by atoms with Crippen molar-refractivity contribution in [1.29, 1.82) is 0 Å². The first-order valence-electron chi connectivity index (χ1n) is 10.6. The molecule has 0 radical (unpaired) electrons. The Kier molecular flexibility index (Phi) is 7.60. The molecule has 158 valence electrons. The molecule has 1 fully saturated rings. The van der Waals surface area contributed by atoms with Crippen LogP contribution < -0.4 is 10.6 Å². The topological polar surface area (TPSA) is 78.5 Å². The third-order valence-corrected chi connectivity index (χ3v) is 5.46. The number of nitrogens with zero attached hydrogens (tertiary/aromatic N) is 1. The Hall–Kier alpha value is -3.15. The molecule has 1 heterocycles. The van der Waals surface area contributed by atoms with Crippen LogP contribution in [0.2, 0.25) is 0 Å². The van der Waals surface area contributed by atoms with E-state index in [1.54, 1.807) is 24.3 Å². The second kappa shape index (κ2) is 10.6. The third-order valence-electron chi connectivity index (χ3n) is 5.46. The number of amides is 3. The number of piperidine rings is 1. The van der Waals surface area contributed by atoms with Crippen molar-refractivity contribution in [3.8, 4) is 0 Å². The van der Waals surface area contributed by atoms with Crippen molar-refractivity contribution in [2.45, 2.75) is 32.6 Å². The van der Waals surface area contributed by atoms with Gasteiger partial charge in [0.1, 0.15) is 0 Å². The molecular formula is C24H29N3O3. The molecule has 1 aliphatic heterocycles. The first-order valence-corrected chi connectivity index (χ1v) is 10.6. The van der Waals surface area contributed by atoms with E-state index in [2.05, 4.69) is 10.6 Å². The van der Waals surface area contributed by atoms with Crippen LogP contribution in [0, 0.1) is 5.92 Å². The number of carbonyl (C=O) groups excluding carboxylic acids is 3.